The van der Waals surface area contributed by atoms with Gasteiger partial charge in [-0.3, -0.25) is 0 Å². The van der Waals surface area contributed by atoms with E-state index in [1.165, 1.54) is 76.8 Å². The van der Waals surface area contributed by atoms with Gasteiger partial charge in [0.05, 0.1) is 6.04 Å². The Kier molecular flexibility index (Phi) is 5.04. The number of rotatable bonds is 3. The Morgan fingerprint density at radius 1 is 0.900 bits per heavy atom. The van der Waals surface area contributed by atoms with Crippen molar-refractivity contribution in [3.8, 4) is 0 Å². The molecule has 0 atom stereocenters. The number of piperazine rings is 1. The number of pyridine rings is 1. The van der Waals surface area contributed by atoms with Crippen LogP contribution < -0.4 is 14.8 Å². The number of hydrogen-bond acceptors (Lipinski definition) is 0. The van der Waals surface area contributed by atoms with E-state index in [1.54, 1.807) is 4.90 Å². The van der Waals surface area contributed by atoms with E-state index in [0.29, 0.717) is 0 Å². The monoisotopic (exact) mass is 276 g/mol. The van der Waals surface area contributed by atoms with Crippen LogP contribution in [-0.2, 0) is 6.54 Å². The lowest BCUT2D eigenvalue weighted by Crippen LogP contribution is -3.29. The number of quaternary nitrogens is 2. The van der Waals surface area contributed by atoms with Gasteiger partial charge in [0.15, 0.2) is 12.4 Å². The van der Waals surface area contributed by atoms with Gasteiger partial charge in [0, 0.05) is 17.7 Å². The van der Waals surface area contributed by atoms with Crippen LogP contribution in [0, 0.1) is 0 Å². The molecule has 1 saturated heterocycles. The molecule has 2 fully saturated rings. The molecule has 3 nitrogen and oxygen atoms in total. The molecule has 110 valence electrons. The zero-order valence-corrected chi connectivity index (χ0v) is 12.7. The Hall–Kier alpha value is -0.930. The predicted octanol–water partition coefficient (Wildman–Crippen LogP) is -0.493. The van der Waals surface area contributed by atoms with Crippen LogP contribution >= 0.6 is 0 Å². The Morgan fingerprint density at radius 2 is 1.55 bits per heavy atom. The van der Waals surface area contributed by atoms with Crippen LogP contribution in [0.4, 0.5) is 0 Å². The highest BCUT2D eigenvalue weighted by Gasteiger charge is 2.29. The molecule has 0 radical (unpaired) electrons. The maximum Gasteiger partial charge on any atom is 0.167 e. The smallest absolute Gasteiger partial charge is 0.167 e. The molecular weight excluding hydrogens is 246 g/mol. The number of H-pyrrole nitrogens is 1. The molecule has 0 spiro atoms. The van der Waals surface area contributed by atoms with Crippen molar-refractivity contribution in [3.05, 3.63) is 30.1 Å². The van der Waals surface area contributed by atoms with Gasteiger partial charge in [-0.1, -0.05) is 12.8 Å². The average Bonchev–Trinajstić information content (AvgIpc) is 2.78. The zero-order chi connectivity index (χ0) is 13.6. The molecule has 3 rings (SSSR count). The molecule has 0 unspecified atom stereocenters. The second-order valence-corrected chi connectivity index (χ2v) is 6.68. The van der Waals surface area contributed by atoms with Crippen LogP contribution in [0.15, 0.2) is 24.5 Å². The Balaban J connectivity index is 1.46. The Bertz CT molecular complexity index is 376. The first-order valence-corrected chi connectivity index (χ1v) is 8.55. The molecule has 0 amide bonds. The SMILES string of the molecule is c1cc(C[NH+]2CC[NH+](C3CCCCCC3)CC2)cc[nH+]1. The van der Waals surface area contributed by atoms with E-state index in [0.717, 1.165) is 6.04 Å². The maximum absolute atomic E-state index is 3.11. The summed E-state index contributed by atoms with van der Waals surface area (Å²) in [5.74, 6) is 0. The Morgan fingerprint density at radius 3 is 2.20 bits per heavy atom. The van der Waals surface area contributed by atoms with Gasteiger partial charge in [-0.15, -0.1) is 0 Å². The topological polar surface area (TPSA) is 23.0 Å². The predicted molar refractivity (Wildman–Crippen MR) is 79.6 cm³/mol. The largest absolute Gasteiger partial charge is 0.323 e. The van der Waals surface area contributed by atoms with Crippen molar-refractivity contribution < 1.29 is 14.8 Å². The third-order valence-electron chi connectivity index (χ3n) is 5.27. The maximum atomic E-state index is 3.11. The van der Waals surface area contributed by atoms with E-state index in [2.05, 4.69) is 17.1 Å². The molecule has 2 heterocycles. The highest BCUT2D eigenvalue weighted by molar-refractivity contribution is 5.04. The third kappa shape index (κ3) is 3.80. The normalized spacial score (nSPS) is 29.0. The quantitative estimate of drug-likeness (QED) is 0.696. The van der Waals surface area contributed by atoms with Gasteiger partial charge in [-0.05, 0) is 25.7 Å². The second kappa shape index (κ2) is 7.19. The van der Waals surface area contributed by atoms with Gasteiger partial charge in [0.2, 0.25) is 0 Å². The molecular formula is C17H30N3+3. The average molecular weight is 276 g/mol. The first-order valence-electron chi connectivity index (χ1n) is 8.55. The molecule has 1 aromatic rings. The molecule has 1 saturated carbocycles. The summed E-state index contributed by atoms with van der Waals surface area (Å²) in [5, 5.41) is 0. The number of aromatic nitrogens is 1. The van der Waals surface area contributed by atoms with Crippen LogP contribution in [0.1, 0.15) is 44.1 Å². The summed E-state index contributed by atoms with van der Waals surface area (Å²) in [6.45, 7) is 6.68. The standard InChI is InChI=1S/C17H27N3/c1-2-4-6-17(5-3-1)20-13-11-19(12-14-20)15-16-7-9-18-10-8-16/h7-10,17H,1-6,11-15H2/p+3. The molecule has 0 aromatic carbocycles. The zero-order valence-electron chi connectivity index (χ0n) is 12.7. The van der Waals surface area contributed by atoms with Gasteiger partial charge in [0.25, 0.3) is 0 Å². The van der Waals surface area contributed by atoms with Crippen LogP contribution in [-0.4, -0.2) is 32.2 Å². The molecule has 1 aliphatic carbocycles. The first-order chi connectivity index (χ1) is 9.92. The summed E-state index contributed by atoms with van der Waals surface area (Å²) in [5.41, 5.74) is 1.47. The number of nitrogens with one attached hydrogen (secondary N) is 3. The van der Waals surface area contributed by atoms with Crippen molar-refractivity contribution >= 4 is 0 Å². The van der Waals surface area contributed by atoms with Gasteiger partial charge < -0.3 is 9.80 Å². The molecule has 3 heteroatoms. The van der Waals surface area contributed by atoms with E-state index < -0.39 is 0 Å². The summed E-state index contributed by atoms with van der Waals surface area (Å²) < 4.78 is 0. The van der Waals surface area contributed by atoms with E-state index in [9.17, 15) is 0 Å². The van der Waals surface area contributed by atoms with Crippen molar-refractivity contribution in [2.45, 2.75) is 51.1 Å². The minimum Gasteiger partial charge on any atom is -0.323 e. The molecule has 2 aliphatic rings. The number of aromatic amines is 1. The second-order valence-electron chi connectivity index (χ2n) is 6.68. The van der Waals surface area contributed by atoms with Crippen molar-refractivity contribution in [3.63, 3.8) is 0 Å². The van der Waals surface area contributed by atoms with E-state index in [1.807, 2.05) is 17.3 Å². The van der Waals surface area contributed by atoms with E-state index >= 15 is 0 Å². The highest BCUT2D eigenvalue weighted by atomic mass is 15.3. The van der Waals surface area contributed by atoms with Gasteiger partial charge in [0.1, 0.15) is 32.7 Å². The fourth-order valence-corrected chi connectivity index (χ4v) is 4.03. The fourth-order valence-electron chi connectivity index (χ4n) is 4.03. The van der Waals surface area contributed by atoms with Gasteiger partial charge >= 0.3 is 0 Å². The first kappa shape index (κ1) is 14.0. The van der Waals surface area contributed by atoms with Crippen molar-refractivity contribution in [2.75, 3.05) is 26.2 Å². The van der Waals surface area contributed by atoms with Crippen molar-refractivity contribution in [2.24, 2.45) is 0 Å². The van der Waals surface area contributed by atoms with Crippen molar-refractivity contribution in [1.29, 1.82) is 0 Å². The lowest BCUT2D eigenvalue weighted by atomic mass is 10.1. The van der Waals surface area contributed by atoms with E-state index in [-0.39, 0.29) is 0 Å². The van der Waals surface area contributed by atoms with Crippen LogP contribution in [0.25, 0.3) is 0 Å². The van der Waals surface area contributed by atoms with Gasteiger partial charge in [-0.25, -0.2) is 4.98 Å². The van der Waals surface area contributed by atoms with Crippen LogP contribution in [0.2, 0.25) is 0 Å². The lowest BCUT2D eigenvalue weighted by molar-refractivity contribution is -1.03. The molecule has 1 aromatic heterocycles. The molecule has 1 aliphatic heterocycles. The van der Waals surface area contributed by atoms with Crippen LogP contribution in [0.3, 0.4) is 0 Å². The third-order valence-corrected chi connectivity index (χ3v) is 5.27. The fraction of sp³-hybridized carbons (Fsp3) is 0.706. The summed E-state index contributed by atoms with van der Waals surface area (Å²) in [6, 6.07) is 5.42. The molecule has 20 heavy (non-hydrogen) atoms. The minimum absolute atomic E-state index is 0.977. The minimum atomic E-state index is 0.977. The molecule has 3 N–H and O–H groups in total. The Labute approximate surface area is 123 Å². The van der Waals surface area contributed by atoms with Crippen LogP contribution in [0.5, 0.6) is 0 Å². The van der Waals surface area contributed by atoms with Crippen molar-refractivity contribution in [1.82, 2.24) is 0 Å². The van der Waals surface area contributed by atoms with E-state index in [4.69, 9.17) is 0 Å². The number of hydrogen-bond donors (Lipinski definition) is 2. The molecule has 0 bridgehead atoms. The highest BCUT2D eigenvalue weighted by Crippen LogP contribution is 2.15. The summed E-state index contributed by atoms with van der Waals surface area (Å²) >= 11 is 0. The lowest BCUT2D eigenvalue weighted by Gasteiger charge is -2.34. The summed E-state index contributed by atoms with van der Waals surface area (Å²) in [7, 11) is 0. The summed E-state index contributed by atoms with van der Waals surface area (Å²) in [4.78, 5) is 6.80. The van der Waals surface area contributed by atoms with Gasteiger partial charge in [-0.2, -0.15) is 0 Å². The summed E-state index contributed by atoms with van der Waals surface area (Å²) in [6.07, 6.45) is 13.0.